The summed E-state index contributed by atoms with van der Waals surface area (Å²) in [5.41, 5.74) is 3.99. The Morgan fingerprint density at radius 3 is 2.45 bits per heavy atom. The fraction of sp³-hybridized carbons (Fsp3) is 0.368. The Hall–Kier alpha value is -3.04. The summed E-state index contributed by atoms with van der Waals surface area (Å²) in [6, 6.07) is 10.0. The zero-order valence-corrected chi connectivity index (χ0v) is 15.5. The summed E-state index contributed by atoms with van der Waals surface area (Å²) in [6.45, 7) is 1.54. The van der Waals surface area contributed by atoms with Gasteiger partial charge in [-0.2, -0.15) is 13.2 Å². The Morgan fingerprint density at radius 2 is 1.86 bits per heavy atom. The van der Waals surface area contributed by atoms with Crippen molar-refractivity contribution in [3.8, 4) is 5.75 Å². The highest BCUT2D eigenvalue weighted by Crippen LogP contribution is 2.26. The predicted molar refractivity (Wildman–Crippen MR) is 99.3 cm³/mol. The molecule has 156 valence electrons. The van der Waals surface area contributed by atoms with Crippen molar-refractivity contribution in [1.82, 2.24) is 9.38 Å². The van der Waals surface area contributed by atoms with E-state index in [0.717, 1.165) is 41.2 Å². The average molecular weight is 413 g/mol. The molecule has 4 rings (SSSR count). The van der Waals surface area contributed by atoms with Crippen LogP contribution in [0.25, 0.3) is 16.7 Å². The molecule has 29 heavy (non-hydrogen) atoms. The van der Waals surface area contributed by atoms with Crippen molar-refractivity contribution < 1.29 is 32.2 Å². The van der Waals surface area contributed by atoms with E-state index in [1.165, 1.54) is 0 Å². The third-order valence-electron chi connectivity index (χ3n) is 4.63. The number of pyridine rings is 1. The van der Waals surface area contributed by atoms with E-state index in [1.807, 2.05) is 24.4 Å². The summed E-state index contributed by atoms with van der Waals surface area (Å²) in [5, 5.41) is 7.12. The molecule has 1 saturated heterocycles. The van der Waals surface area contributed by atoms with Gasteiger partial charge in [0.2, 0.25) is 0 Å². The van der Waals surface area contributed by atoms with Crippen molar-refractivity contribution in [1.29, 1.82) is 0 Å². The van der Waals surface area contributed by atoms with Gasteiger partial charge >= 0.3 is 12.1 Å². The van der Waals surface area contributed by atoms with Crippen LogP contribution in [0.3, 0.4) is 0 Å². The maximum Gasteiger partial charge on any atom is 0.490 e. The monoisotopic (exact) mass is 413 g/mol. The number of fused-ring (bicyclic) bond motifs is 3. The molecule has 6 nitrogen and oxygen atoms in total. The van der Waals surface area contributed by atoms with Crippen LogP contribution in [0.2, 0.25) is 0 Å². The first-order valence-electron chi connectivity index (χ1n) is 8.84. The van der Waals surface area contributed by atoms with Crippen LogP contribution in [0.4, 0.5) is 23.2 Å². The summed E-state index contributed by atoms with van der Waals surface area (Å²) in [5.74, 6) is -1.93. The Kier molecular flexibility index (Phi) is 5.81. The highest BCUT2D eigenvalue weighted by Gasteiger charge is 2.38. The predicted octanol–water partition coefficient (Wildman–Crippen LogP) is 4.07. The number of imidazole rings is 1. The molecule has 1 aliphatic heterocycles. The quantitative estimate of drug-likeness (QED) is 0.642. The molecule has 3 aromatic rings. The third-order valence-corrected chi connectivity index (χ3v) is 4.63. The minimum absolute atomic E-state index is 0.610. The molecular formula is C19H19F4N3O3. The van der Waals surface area contributed by atoms with Crippen LogP contribution in [-0.2, 0) is 4.79 Å². The van der Waals surface area contributed by atoms with E-state index in [0.29, 0.717) is 12.8 Å². The lowest BCUT2D eigenvalue weighted by molar-refractivity contribution is -0.192. The van der Waals surface area contributed by atoms with Crippen molar-refractivity contribution in [2.75, 3.05) is 25.1 Å². The number of anilines is 1. The lowest BCUT2D eigenvalue weighted by atomic mass is 10.1. The summed E-state index contributed by atoms with van der Waals surface area (Å²) in [7, 11) is 1.66. The number of aliphatic carboxylic acids is 1. The van der Waals surface area contributed by atoms with Gasteiger partial charge in [0.1, 0.15) is 17.6 Å². The molecule has 1 N–H and O–H groups in total. The molecule has 2 aromatic heterocycles. The van der Waals surface area contributed by atoms with Gasteiger partial charge in [-0.05, 0) is 31.0 Å². The smallest absolute Gasteiger partial charge is 0.490 e. The van der Waals surface area contributed by atoms with Crippen LogP contribution in [-0.4, -0.2) is 53.0 Å². The summed E-state index contributed by atoms with van der Waals surface area (Å²) in [6.07, 6.45) is -2.49. The van der Waals surface area contributed by atoms with Crippen LogP contribution in [0.15, 0.2) is 36.5 Å². The molecular weight excluding hydrogens is 394 g/mol. The van der Waals surface area contributed by atoms with Gasteiger partial charge in [-0.15, -0.1) is 0 Å². The number of alkyl halides is 4. The minimum Gasteiger partial charge on any atom is -0.497 e. The highest BCUT2D eigenvalue weighted by molar-refractivity contribution is 5.82. The van der Waals surface area contributed by atoms with E-state index < -0.39 is 18.3 Å². The molecule has 10 heteroatoms. The van der Waals surface area contributed by atoms with Crippen LogP contribution < -0.4 is 9.64 Å². The van der Waals surface area contributed by atoms with E-state index in [9.17, 15) is 17.6 Å². The molecule has 0 spiro atoms. The first-order valence-corrected chi connectivity index (χ1v) is 8.84. The number of halogens is 4. The molecule has 0 unspecified atom stereocenters. The van der Waals surface area contributed by atoms with E-state index in [2.05, 4.69) is 26.4 Å². The molecule has 3 heterocycles. The van der Waals surface area contributed by atoms with Gasteiger partial charge in [-0.25, -0.2) is 14.2 Å². The number of ether oxygens (including phenoxy) is 1. The topological polar surface area (TPSA) is 67.1 Å². The number of piperidine rings is 1. The van der Waals surface area contributed by atoms with Gasteiger partial charge in [0, 0.05) is 37.1 Å². The normalized spacial score (nSPS) is 15.3. The van der Waals surface area contributed by atoms with Gasteiger partial charge in [0.05, 0.1) is 18.1 Å². The second-order valence-electron chi connectivity index (χ2n) is 6.54. The number of benzene rings is 1. The Labute approximate surface area is 163 Å². The Balaban J connectivity index is 0.000000298. The summed E-state index contributed by atoms with van der Waals surface area (Å²) >= 11 is 0. The number of carboxylic acid groups (broad SMARTS) is 1. The number of hydrogen-bond donors (Lipinski definition) is 1. The van der Waals surface area contributed by atoms with Gasteiger partial charge in [-0.1, -0.05) is 0 Å². The Bertz CT molecular complexity index is 1010. The van der Waals surface area contributed by atoms with E-state index in [-0.39, 0.29) is 0 Å². The van der Waals surface area contributed by atoms with Crippen LogP contribution in [0.5, 0.6) is 5.75 Å². The zero-order chi connectivity index (χ0) is 21.2. The fourth-order valence-electron chi connectivity index (χ4n) is 3.11. The number of rotatable bonds is 2. The van der Waals surface area contributed by atoms with Gasteiger partial charge in [0.15, 0.2) is 0 Å². The minimum atomic E-state index is -5.08. The molecule has 0 saturated carbocycles. The van der Waals surface area contributed by atoms with Crippen molar-refractivity contribution in [2.45, 2.75) is 25.2 Å². The second kappa shape index (κ2) is 8.14. The highest BCUT2D eigenvalue weighted by atomic mass is 19.4. The van der Waals surface area contributed by atoms with Crippen molar-refractivity contribution in [3.05, 3.63) is 36.5 Å². The van der Waals surface area contributed by atoms with Crippen LogP contribution in [0, 0.1) is 0 Å². The van der Waals surface area contributed by atoms with Crippen LogP contribution >= 0.6 is 0 Å². The lowest BCUT2D eigenvalue weighted by Crippen LogP contribution is -2.34. The SMILES string of the molecule is COc1ccc2nc3cc(N4CCC(F)CC4)ccn3c2c1.O=C(O)C(F)(F)F. The number of nitrogens with zero attached hydrogens (tertiary/aromatic N) is 3. The fourth-order valence-corrected chi connectivity index (χ4v) is 3.11. The maximum absolute atomic E-state index is 13.3. The summed E-state index contributed by atoms with van der Waals surface area (Å²) < 4.78 is 52.4. The van der Waals surface area contributed by atoms with Gasteiger partial charge in [-0.3, -0.25) is 4.40 Å². The van der Waals surface area contributed by atoms with Gasteiger partial charge in [0.25, 0.3) is 0 Å². The standard InChI is InChI=1S/C17H18FN3O.C2HF3O2/c1-22-14-2-3-15-16(11-14)21-9-6-13(10-17(21)19-15)20-7-4-12(18)5-8-20;3-2(4,5)1(6)7/h2-3,6,9-12H,4-5,7-8H2,1H3;(H,6,7). The lowest BCUT2D eigenvalue weighted by Gasteiger charge is -2.30. The van der Waals surface area contributed by atoms with E-state index in [4.69, 9.17) is 14.6 Å². The largest absolute Gasteiger partial charge is 0.497 e. The maximum atomic E-state index is 13.3. The number of carbonyl (C=O) groups is 1. The van der Waals surface area contributed by atoms with Crippen molar-refractivity contribution in [2.24, 2.45) is 0 Å². The molecule has 0 amide bonds. The van der Waals surface area contributed by atoms with Gasteiger partial charge < -0.3 is 14.7 Å². The molecule has 1 aromatic carbocycles. The van der Waals surface area contributed by atoms with Crippen molar-refractivity contribution in [3.63, 3.8) is 0 Å². The second-order valence-corrected chi connectivity index (χ2v) is 6.54. The van der Waals surface area contributed by atoms with Crippen molar-refractivity contribution >= 4 is 28.3 Å². The molecule has 0 atom stereocenters. The Morgan fingerprint density at radius 1 is 1.21 bits per heavy atom. The molecule has 0 radical (unpaired) electrons. The number of aromatic nitrogens is 2. The average Bonchev–Trinajstić information content (AvgIpc) is 3.05. The number of hydrogen-bond acceptors (Lipinski definition) is 4. The number of carboxylic acids is 1. The molecule has 1 fully saturated rings. The molecule has 0 bridgehead atoms. The zero-order valence-electron chi connectivity index (χ0n) is 15.5. The summed E-state index contributed by atoms with van der Waals surface area (Å²) in [4.78, 5) is 15.8. The van der Waals surface area contributed by atoms with E-state index in [1.54, 1.807) is 7.11 Å². The van der Waals surface area contributed by atoms with E-state index >= 15 is 0 Å². The number of methoxy groups -OCH3 is 1. The first kappa shape index (κ1) is 20.7. The molecule has 1 aliphatic rings. The third kappa shape index (κ3) is 4.69. The van der Waals surface area contributed by atoms with Crippen LogP contribution in [0.1, 0.15) is 12.8 Å². The molecule has 0 aliphatic carbocycles. The first-order chi connectivity index (χ1) is 13.7.